The molecule has 1 aliphatic heterocycles. The minimum absolute atomic E-state index is 0. The van der Waals surface area contributed by atoms with E-state index in [-0.39, 0.29) is 30.0 Å². The van der Waals surface area contributed by atoms with Crippen molar-refractivity contribution in [2.45, 2.75) is 19.0 Å². The lowest BCUT2D eigenvalue weighted by Gasteiger charge is -2.21. The van der Waals surface area contributed by atoms with Gasteiger partial charge in [-0.3, -0.25) is 4.99 Å². The van der Waals surface area contributed by atoms with Crippen molar-refractivity contribution in [3.8, 4) is 22.8 Å². The summed E-state index contributed by atoms with van der Waals surface area (Å²) in [5.74, 6) is 3.07. The number of hydrogen-bond acceptors (Lipinski definition) is 6. The smallest absolute Gasteiger partial charge is 0.191 e. The number of aromatic nitrogens is 1. The fraction of sp³-hybridized carbons (Fsp3) is 0.333. The van der Waals surface area contributed by atoms with Crippen LogP contribution in [-0.4, -0.2) is 51.5 Å². The molecule has 4 rings (SSSR count). The number of ether oxygens (including phenoxy) is 2. The zero-order chi connectivity index (χ0) is 22.3. The molecule has 8 nitrogen and oxygen atoms in total. The van der Waals surface area contributed by atoms with E-state index < -0.39 is 0 Å². The van der Waals surface area contributed by atoms with Gasteiger partial charge in [-0.15, -0.1) is 24.0 Å². The minimum Gasteiger partial charge on any atom is -0.497 e. The molecule has 33 heavy (non-hydrogen) atoms. The van der Waals surface area contributed by atoms with Crippen LogP contribution >= 0.6 is 24.0 Å². The summed E-state index contributed by atoms with van der Waals surface area (Å²) in [4.78, 5) is 6.68. The average molecular weight is 563 g/mol. The highest BCUT2D eigenvalue weighted by Crippen LogP contribution is 2.30. The van der Waals surface area contributed by atoms with Gasteiger partial charge in [0.15, 0.2) is 11.7 Å². The van der Waals surface area contributed by atoms with E-state index in [0.717, 1.165) is 59.7 Å². The Morgan fingerprint density at radius 2 is 1.85 bits per heavy atom. The summed E-state index contributed by atoms with van der Waals surface area (Å²) in [7, 11) is 5.10. The third-order valence-electron chi connectivity index (χ3n) is 5.51. The molecule has 1 fully saturated rings. The number of nitrogens with one attached hydrogen (secondary N) is 2. The quantitative estimate of drug-likeness (QED) is 0.256. The van der Waals surface area contributed by atoms with Gasteiger partial charge in [0.05, 0.1) is 20.8 Å². The van der Waals surface area contributed by atoms with E-state index >= 15 is 0 Å². The predicted molar refractivity (Wildman–Crippen MR) is 141 cm³/mol. The molecule has 0 bridgehead atoms. The molecule has 1 aromatic heterocycles. The molecule has 3 aromatic rings. The molecule has 0 aliphatic carbocycles. The number of methoxy groups -OCH3 is 2. The summed E-state index contributed by atoms with van der Waals surface area (Å²) < 4.78 is 16.3. The Kier molecular flexibility index (Phi) is 8.81. The summed E-state index contributed by atoms with van der Waals surface area (Å²) in [6.07, 6.45) is 1.00. The third kappa shape index (κ3) is 6.31. The molecule has 1 saturated heterocycles. The monoisotopic (exact) mass is 563 g/mol. The summed E-state index contributed by atoms with van der Waals surface area (Å²) in [6.45, 7) is 2.33. The van der Waals surface area contributed by atoms with Crippen LogP contribution in [0.15, 0.2) is 64.1 Å². The number of hydrogen-bond donors (Lipinski definition) is 2. The van der Waals surface area contributed by atoms with Crippen molar-refractivity contribution >= 4 is 35.6 Å². The number of halogens is 1. The topological polar surface area (TPSA) is 84.2 Å². The van der Waals surface area contributed by atoms with Gasteiger partial charge in [0.2, 0.25) is 0 Å². The van der Waals surface area contributed by atoms with Crippen LogP contribution in [0.2, 0.25) is 0 Å². The zero-order valence-corrected chi connectivity index (χ0v) is 21.4. The first-order valence-electron chi connectivity index (χ1n) is 10.6. The zero-order valence-electron chi connectivity index (χ0n) is 19.1. The number of rotatable bonds is 7. The third-order valence-corrected chi connectivity index (χ3v) is 5.51. The van der Waals surface area contributed by atoms with Gasteiger partial charge in [0, 0.05) is 61.7 Å². The Hall–Kier alpha value is -2.95. The second-order valence-corrected chi connectivity index (χ2v) is 7.62. The van der Waals surface area contributed by atoms with Crippen molar-refractivity contribution < 1.29 is 14.0 Å². The van der Waals surface area contributed by atoms with Crippen molar-refractivity contribution in [1.82, 2.24) is 15.8 Å². The maximum absolute atomic E-state index is 5.47. The van der Waals surface area contributed by atoms with Crippen LogP contribution in [-0.2, 0) is 6.54 Å². The highest BCUT2D eigenvalue weighted by atomic mass is 127. The van der Waals surface area contributed by atoms with Crippen molar-refractivity contribution in [3.63, 3.8) is 0 Å². The van der Waals surface area contributed by atoms with E-state index in [0.29, 0.717) is 6.54 Å². The van der Waals surface area contributed by atoms with Gasteiger partial charge in [-0.05, 0) is 6.42 Å². The molecule has 0 amide bonds. The summed E-state index contributed by atoms with van der Waals surface area (Å²) >= 11 is 0. The fourth-order valence-electron chi connectivity index (χ4n) is 3.78. The number of nitrogens with zero attached hydrogens (tertiary/aromatic N) is 3. The van der Waals surface area contributed by atoms with Crippen LogP contribution in [0.1, 0.15) is 12.1 Å². The van der Waals surface area contributed by atoms with Crippen molar-refractivity contribution in [2.75, 3.05) is 39.3 Å². The van der Waals surface area contributed by atoms with E-state index in [1.54, 1.807) is 21.3 Å². The molecule has 1 unspecified atom stereocenters. The van der Waals surface area contributed by atoms with Crippen LogP contribution in [0.4, 0.5) is 5.69 Å². The summed E-state index contributed by atoms with van der Waals surface area (Å²) in [6, 6.07) is 18.1. The normalized spacial score (nSPS) is 15.7. The molecule has 0 saturated carbocycles. The lowest BCUT2D eigenvalue weighted by Crippen LogP contribution is -2.44. The molecule has 1 atom stereocenters. The van der Waals surface area contributed by atoms with E-state index in [2.05, 4.69) is 25.7 Å². The van der Waals surface area contributed by atoms with Crippen LogP contribution < -0.4 is 25.0 Å². The SMILES string of the molecule is CN=C(NCc1cc(-c2ccccc2)on1)NC1CCN(c2cc(OC)cc(OC)c2)C1.I. The van der Waals surface area contributed by atoms with Gasteiger partial charge in [-0.2, -0.15) is 0 Å². The first-order chi connectivity index (χ1) is 15.7. The molecular weight excluding hydrogens is 533 g/mol. The van der Waals surface area contributed by atoms with Gasteiger partial charge >= 0.3 is 0 Å². The first-order valence-corrected chi connectivity index (χ1v) is 10.6. The molecule has 2 heterocycles. The standard InChI is InChI=1S/C24H29N5O3.HI/c1-25-24(26-15-19-11-23(32-28-19)17-7-5-4-6-8-17)27-18-9-10-29(16-18)20-12-21(30-2)14-22(13-20)31-3;/h4-8,11-14,18H,9-10,15-16H2,1-3H3,(H2,25,26,27);1H. The van der Waals surface area contributed by atoms with Crippen LogP contribution in [0.5, 0.6) is 11.5 Å². The Balaban J connectivity index is 0.00000306. The van der Waals surface area contributed by atoms with E-state index in [1.807, 2.05) is 54.6 Å². The van der Waals surface area contributed by atoms with Gasteiger partial charge < -0.3 is 29.5 Å². The second-order valence-electron chi connectivity index (χ2n) is 7.62. The van der Waals surface area contributed by atoms with Gasteiger partial charge in [0.1, 0.15) is 17.2 Å². The molecule has 0 radical (unpaired) electrons. The lowest BCUT2D eigenvalue weighted by atomic mass is 10.2. The average Bonchev–Trinajstić information content (AvgIpc) is 3.52. The van der Waals surface area contributed by atoms with E-state index in [9.17, 15) is 0 Å². The Bertz CT molecular complexity index is 1040. The maximum Gasteiger partial charge on any atom is 0.191 e. The van der Waals surface area contributed by atoms with Crippen LogP contribution in [0, 0.1) is 0 Å². The number of benzene rings is 2. The summed E-state index contributed by atoms with van der Waals surface area (Å²) in [5.41, 5.74) is 2.92. The Labute approximate surface area is 211 Å². The first kappa shape index (κ1) is 24.7. The largest absolute Gasteiger partial charge is 0.497 e. The summed E-state index contributed by atoms with van der Waals surface area (Å²) in [5, 5.41) is 11.0. The van der Waals surface area contributed by atoms with Gasteiger partial charge in [-0.25, -0.2) is 0 Å². The van der Waals surface area contributed by atoms with E-state index in [4.69, 9.17) is 14.0 Å². The van der Waals surface area contributed by atoms with Crippen LogP contribution in [0.25, 0.3) is 11.3 Å². The maximum atomic E-state index is 5.47. The molecule has 9 heteroatoms. The fourth-order valence-corrected chi connectivity index (χ4v) is 3.78. The van der Waals surface area contributed by atoms with Gasteiger partial charge in [0.25, 0.3) is 0 Å². The number of aliphatic imine (C=N–C) groups is 1. The minimum atomic E-state index is 0. The molecule has 176 valence electrons. The van der Waals surface area contributed by atoms with Crippen molar-refractivity contribution in [1.29, 1.82) is 0 Å². The molecule has 2 aromatic carbocycles. The molecule has 0 spiro atoms. The van der Waals surface area contributed by atoms with Crippen molar-refractivity contribution in [3.05, 3.63) is 60.3 Å². The number of guanidine groups is 1. The molecule has 1 aliphatic rings. The highest BCUT2D eigenvalue weighted by molar-refractivity contribution is 14.0. The van der Waals surface area contributed by atoms with Crippen molar-refractivity contribution in [2.24, 2.45) is 4.99 Å². The molecule has 2 N–H and O–H groups in total. The van der Waals surface area contributed by atoms with Gasteiger partial charge in [-0.1, -0.05) is 35.5 Å². The molecular formula is C24H30IN5O3. The Morgan fingerprint density at radius 1 is 1.12 bits per heavy atom. The lowest BCUT2D eigenvalue weighted by molar-refractivity contribution is 0.394. The second kappa shape index (κ2) is 11.8. The van der Waals surface area contributed by atoms with Crippen LogP contribution in [0.3, 0.4) is 0 Å². The Morgan fingerprint density at radius 3 is 2.52 bits per heavy atom. The number of anilines is 1. The highest BCUT2D eigenvalue weighted by Gasteiger charge is 2.24. The predicted octanol–water partition coefficient (Wildman–Crippen LogP) is 3.92. The van der Waals surface area contributed by atoms with E-state index in [1.165, 1.54) is 0 Å².